The first-order chi connectivity index (χ1) is 8.72. The van der Waals surface area contributed by atoms with Crippen molar-refractivity contribution in [2.75, 3.05) is 19.6 Å². The van der Waals surface area contributed by atoms with E-state index in [1.54, 1.807) is 0 Å². The van der Waals surface area contributed by atoms with Crippen LogP contribution in [0.2, 0.25) is 0 Å². The smallest absolute Gasteiger partial charge is 0.315 e. The minimum absolute atomic E-state index is 0.481. The standard InChI is InChI=1S/C15H19NO2/c1-2-16-10-8-13(9-11-16)14(15(17)18)12-6-4-3-5-7-12/h3-8,14H,2,9-11H2,1H3,(H,17,18). The van der Waals surface area contributed by atoms with Crippen molar-refractivity contribution in [3.63, 3.8) is 0 Å². The number of carbonyl (C=O) groups is 1. The van der Waals surface area contributed by atoms with Gasteiger partial charge in [-0.1, -0.05) is 48.9 Å². The second-order valence-electron chi connectivity index (χ2n) is 4.60. The van der Waals surface area contributed by atoms with Gasteiger partial charge in [0.15, 0.2) is 0 Å². The molecule has 96 valence electrons. The topological polar surface area (TPSA) is 40.5 Å². The Bertz CT molecular complexity index is 439. The van der Waals surface area contributed by atoms with Crippen LogP contribution in [0.15, 0.2) is 42.0 Å². The van der Waals surface area contributed by atoms with Gasteiger partial charge in [0, 0.05) is 13.1 Å². The van der Waals surface area contributed by atoms with E-state index in [1.807, 2.05) is 30.3 Å². The Labute approximate surface area is 108 Å². The summed E-state index contributed by atoms with van der Waals surface area (Å²) in [6.07, 6.45) is 2.93. The predicted octanol–water partition coefficient (Wildman–Crippen LogP) is 2.51. The maximum absolute atomic E-state index is 11.5. The van der Waals surface area contributed by atoms with Crippen LogP contribution in [0.25, 0.3) is 0 Å². The van der Waals surface area contributed by atoms with E-state index in [0.29, 0.717) is 0 Å². The molecule has 1 aliphatic rings. The van der Waals surface area contributed by atoms with Gasteiger partial charge in [0.25, 0.3) is 0 Å². The lowest BCUT2D eigenvalue weighted by molar-refractivity contribution is -0.137. The molecule has 1 unspecified atom stereocenters. The van der Waals surface area contributed by atoms with Gasteiger partial charge in [-0.15, -0.1) is 0 Å². The molecule has 0 aromatic heterocycles. The molecule has 3 heteroatoms. The van der Waals surface area contributed by atoms with Crippen LogP contribution in [0.4, 0.5) is 0 Å². The van der Waals surface area contributed by atoms with E-state index in [2.05, 4.69) is 17.9 Å². The minimum Gasteiger partial charge on any atom is -0.481 e. The largest absolute Gasteiger partial charge is 0.481 e. The first-order valence-corrected chi connectivity index (χ1v) is 6.41. The zero-order chi connectivity index (χ0) is 13.0. The maximum Gasteiger partial charge on any atom is 0.315 e. The zero-order valence-corrected chi connectivity index (χ0v) is 10.7. The van der Waals surface area contributed by atoms with Crippen molar-refractivity contribution in [1.82, 2.24) is 4.90 Å². The summed E-state index contributed by atoms with van der Waals surface area (Å²) in [6.45, 7) is 4.97. The van der Waals surface area contributed by atoms with E-state index in [1.165, 1.54) is 0 Å². The number of carboxylic acids is 1. The van der Waals surface area contributed by atoms with Crippen molar-refractivity contribution in [3.8, 4) is 0 Å². The number of likely N-dealkylation sites (N-methyl/N-ethyl adjacent to an activating group) is 1. The van der Waals surface area contributed by atoms with E-state index in [0.717, 1.165) is 37.2 Å². The number of carboxylic acid groups (broad SMARTS) is 1. The van der Waals surface area contributed by atoms with E-state index in [9.17, 15) is 9.90 Å². The lowest BCUT2D eigenvalue weighted by Gasteiger charge is -2.27. The van der Waals surface area contributed by atoms with E-state index in [4.69, 9.17) is 0 Å². The molecule has 1 N–H and O–H groups in total. The molecular weight excluding hydrogens is 226 g/mol. The Kier molecular flexibility index (Phi) is 4.15. The Morgan fingerprint density at radius 3 is 2.61 bits per heavy atom. The van der Waals surface area contributed by atoms with E-state index < -0.39 is 11.9 Å². The summed E-state index contributed by atoms with van der Waals surface area (Å²) >= 11 is 0. The molecule has 0 aliphatic carbocycles. The molecule has 18 heavy (non-hydrogen) atoms. The van der Waals surface area contributed by atoms with Crippen LogP contribution in [-0.2, 0) is 4.79 Å². The zero-order valence-electron chi connectivity index (χ0n) is 10.7. The number of rotatable bonds is 4. The van der Waals surface area contributed by atoms with Gasteiger partial charge < -0.3 is 5.11 Å². The molecule has 0 saturated carbocycles. The molecule has 3 nitrogen and oxygen atoms in total. The molecule has 1 aliphatic heterocycles. The van der Waals surface area contributed by atoms with Crippen LogP contribution >= 0.6 is 0 Å². The van der Waals surface area contributed by atoms with Crippen LogP contribution < -0.4 is 0 Å². The molecule has 2 rings (SSSR count). The summed E-state index contributed by atoms with van der Waals surface area (Å²) in [6, 6.07) is 9.49. The molecule has 1 aromatic carbocycles. The number of aliphatic carboxylic acids is 1. The van der Waals surface area contributed by atoms with Crippen LogP contribution in [0.5, 0.6) is 0 Å². The van der Waals surface area contributed by atoms with Gasteiger partial charge in [0.05, 0.1) is 0 Å². The second-order valence-corrected chi connectivity index (χ2v) is 4.60. The van der Waals surface area contributed by atoms with Gasteiger partial charge in [0.2, 0.25) is 0 Å². The molecule has 0 radical (unpaired) electrons. The number of hydrogen-bond donors (Lipinski definition) is 1. The van der Waals surface area contributed by atoms with Crippen LogP contribution in [0, 0.1) is 0 Å². The van der Waals surface area contributed by atoms with E-state index in [-0.39, 0.29) is 0 Å². The highest BCUT2D eigenvalue weighted by atomic mass is 16.4. The number of hydrogen-bond acceptors (Lipinski definition) is 2. The van der Waals surface area contributed by atoms with Gasteiger partial charge in [-0.2, -0.15) is 0 Å². The summed E-state index contributed by atoms with van der Waals surface area (Å²) in [5.41, 5.74) is 1.92. The third-order valence-electron chi connectivity index (χ3n) is 3.53. The molecule has 1 aromatic rings. The quantitative estimate of drug-likeness (QED) is 0.829. The van der Waals surface area contributed by atoms with Crippen molar-refractivity contribution in [2.45, 2.75) is 19.3 Å². The monoisotopic (exact) mass is 245 g/mol. The van der Waals surface area contributed by atoms with Gasteiger partial charge in [-0.25, -0.2) is 0 Å². The fourth-order valence-electron chi connectivity index (χ4n) is 2.44. The first kappa shape index (κ1) is 12.8. The summed E-state index contributed by atoms with van der Waals surface area (Å²) in [5.74, 6) is -1.23. The summed E-state index contributed by atoms with van der Waals surface area (Å²) in [4.78, 5) is 13.8. The average Bonchev–Trinajstić information content (AvgIpc) is 2.40. The van der Waals surface area contributed by atoms with Gasteiger partial charge in [-0.05, 0) is 18.5 Å². The van der Waals surface area contributed by atoms with Gasteiger partial charge in [0.1, 0.15) is 5.92 Å². The predicted molar refractivity (Wildman–Crippen MR) is 71.6 cm³/mol. The Morgan fingerprint density at radius 1 is 1.39 bits per heavy atom. The van der Waals surface area contributed by atoms with Gasteiger partial charge >= 0.3 is 5.97 Å². The maximum atomic E-state index is 11.5. The van der Waals surface area contributed by atoms with Crippen LogP contribution in [-0.4, -0.2) is 35.6 Å². The second kappa shape index (κ2) is 5.83. The summed E-state index contributed by atoms with van der Waals surface area (Å²) in [7, 11) is 0. The third kappa shape index (κ3) is 2.79. The highest BCUT2D eigenvalue weighted by Gasteiger charge is 2.26. The third-order valence-corrected chi connectivity index (χ3v) is 3.53. The minimum atomic E-state index is -0.752. The summed E-state index contributed by atoms with van der Waals surface area (Å²) < 4.78 is 0. The Balaban J connectivity index is 2.22. The van der Waals surface area contributed by atoms with Crippen LogP contribution in [0.3, 0.4) is 0 Å². The molecule has 0 spiro atoms. The van der Waals surface area contributed by atoms with E-state index >= 15 is 0 Å². The fraction of sp³-hybridized carbons (Fsp3) is 0.400. The molecule has 0 saturated heterocycles. The lowest BCUT2D eigenvalue weighted by Crippen LogP contribution is -2.30. The van der Waals surface area contributed by atoms with Crippen molar-refractivity contribution in [1.29, 1.82) is 0 Å². The first-order valence-electron chi connectivity index (χ1n) is 6.41. The van der Waals surface area contributed by atoms with Crippen LogP contribution in [0.1, 0.15) is 24.8 Å². The van der Waals surface area contributed by atoms with Crippen molar-refractivity contribution >= 4 is 5.97 Å². The SMILES string of the molecule is CCN1CC=C(C(C(=O)O)c2ccccc2)CC1. The lowest BCUT2D eigenvalue weighted by atomic mass is 9.87. The summed E-state index contributed by atoms with van der Waals surface area (Å²) in [5, 5.41) is 9.45. The molecule has 0 bridgehead atoms. The molecule has 1 atom stereocenters. The molecule has 1 heterocycles. The van der Waals surface area contributed by atoms with Crippen molar-refractivity contribution in [3.05, 3.63) is 47.5 Å². The highest BCUT2D eigenvalue weighted by molar-refractivity contribution is 5.80. The number of benzene rings is 1. The van der Waals surface area contributed by atoms with Gasteiger partial charge in [-0.3, -0.25) is 9.69 Å². The highest BCUT2D eigenvalue weighted by Crippen LogP contribution is 2.29. The molecule has 0 fully saturated rings. The Morgan fingerprint density at radius 2 is 2.11 bits per heavy atom. The normalized spacial score (nSPS) is 18.2. The Hall–Kier alpha value is -1.61. The fourth-order valence-corrected chi connectivity index (χ4v) is 2.44. The van der Waals surface area contributed by atoms with Crippen molar-refractivity contribution < 1.29 is 9.90 Å². The average molecular weight is 245 g/mol. The molecule has 0 amide bonds. The molecular formula is C15H19NO2. The number of nitrogens with zero attached hydrogens (tertiary/aromatic N) is 1. The van der Waals surface area contributed by atoms with Crippen molar-refractivity contribution in [2.24, 2.45) is 0 Å².